The molecule has 0 bridgehead atoms. The van der Waals surface area contributed by atoms with Crippen molar-refractivity contribution in [3.05, 3.63) is 92.9 Å². The van der Waals surface area contributed by atoms with Crippen LogP contribution in [-0.2, 0) is 26.2 Å². The third kappa shape index (κ3) is 6.39. The second kappa shape index (κ2) is 12.1. The van der Waals surface area contributed by atoms with Gasteiger partial charge in [-0.05, 0) is 49.4 Å². The molecule has 36 heavy (non-hydrogen) atoms. The summed E-state index contributed by atoms with van der Waals surface area (Å²) in [6.45, 7) is 0.900. The number of anilines is 1. The zero-order valence-electron chi connectivity index (χ0n) is 19.5. The highest BCUT2D eigenvalue weighted by Crippen LogP contribution is 2.29. The Morgan fingerprint density at radius 3 is 2.17 bits per heavy atom. The van der Waals surface area contributed by atoms with E-state index in [1.165, 1.54) is 24.1 Å². The van der Waals surface area contributed by atoms with Crippen LogP contribution in [0, 0.1) is 0 Å². The zero-order valence-corrected chi connectivity index (χ0v) is 23.4. The van der Waals surface area contributed by atoms with Crippen molar-refractivity contribution in [1.29, 1.82) is 0 Å². The zero-order chi connectivity index (χ0) is 26.5. The van der Waals surface area contributed by atoms with Gasteiger partial charge in [-0.2, -0.15) is 0 Å². The fourth-order valence-corrected chi connectivity index (χ4v) is 5.86. The summed E-state index contributed by atoms with van der Waals surface area (Å²) in [4.78, 5) is 27.5. The number of likely N-dealkylation sites (N-methyl/N-ethyl adjacent to an activating group) is 1. The highest BCUT2D eigenvalue weighted by Gasteiger charge is 2.32. The van der Waals surface area contributed by atoms with Gasteiger partial charge in [0, 0.05) is 33.7 Å². The maximum absolute atomic E-state index is 13.7. The molecular weight excluding hydrogens is 589 g/mol. The minimum atomic E-state index is -4.13. The number of sulfonamides is 1. The van der Waals surface area contributed by atoms with Crippen LogP contribution in [0.15, 0.2) is 82.2 Å². The third-order valence-corrected chi connectivity index (χ3v) is 8.50. The topological polar surface area (TPSA) is 86.8 Å². The second-order valence-electron chi connectivity index (χ2n) is 7.82. The number of amides is 2. The molecule has 0 aliphatic rings. The van der Waals surface area contributed by atoms with Crippen LogP contribution in [0.2, 0.25) is 10.0 Å². The quantitative estimate of drug-likeness (QED) is 0.364. The van der Waals surface area contributed by atoms with Gasteiger partial charge in [0.05, 0.1) is 10.6 Å². The first-order chi connectivity index (χ1) is 17.1. The van der Waals surface area contributed by atoms with Gasteiger partial charge in [-0.3, -0.25) is 13.9 Å². The van der Waals surface area contributed by atoms with E-state index in [1.807, 2.05) is 0 Å². The van der Waals surface area contributed by atoms with Crippen LogP contribution >= 0.6 is 39.1 Å². The lowest BCUT2D eigenvalue weighted by Crippen LogP contribution is -2.50. The van der Waals surface area contributed by atoms with Crippen LogP contribution in [-0.4, -0.2) is 44.8 Å². The molecule has 3 aromatic carbocycles. The van der Waals surface area contributed by atoms with Crippen LogP contribution in [0.5, 0.6) is 0 Å². The van der Waals surface area contributed by atoms with Crippen molar-refractivity contribution in [1.82, 2.24) is 10.2 Å². The van der Waals surface area contributed by atoms with Gasteiger partial charge in [-0.25, -0.2) is 8.42 Å². The molecule has 11 heteroatoms. The van der Waals surface area contributed by atoms with Gasteiger partial charge in [0.15, 0.2) is 0 Å². The lowest BCUT2D eigenvalue weighted by atomic mass is 10.1. The number of hydrogen-bond donors (Lipinski definition) is 1. The van der Waals surface area contributed by atoms with E-state index in [0.29, 0.717) is 20.1 Å². The minimum Gasteiger partial charge on any atom is -0.357 e. The van der Waals surface area contributed by atoms with Gasteiger partial charge in [-0.1, -0.05) is 69.5 Å². The third-order valence-electron chi connectivity index (χ3n) is 5.51. The maximum atomic E-state index is 13.7. The predicted molar refractivity (Wildman–Crippen MR) is 146 cm³/mol. The maximum Gasteiger partial charge on any atom is 0.264 e. The molecule has 0 saturated heterocycles. The van der Waals surface area contributed by atoms with Crippen LogP contribution in [0.3, 0.4) is 0 Å². The van der Waals surface area contributed by atoms with Gasteiger partial charge in [-0.15, -0.1) is 0 Å². The minimum absolute atomic E-state index is 0.0258. The summed E-state index contributed by atoms with van der Waals surface area (Å²) in [5.74, 6) is -1.03. The SMILES string of the molecule is CNC(=O)[C@@H](C)N(Cc1c(Cl)cccc1Cl)C(=O)CN(c1cccc(Br)c1)S(=O)(=O)c1ccccc1. The first-order valence-electron chi connectivity index (χ1n) is 10.8. The van der Waals surface area contributed by atoms with E-state index < -0.39 is 34.4 Å². The molecule has 1 N–H and O–H groups in total. The first-order valence-corrected chi connectivity index (χ1v) is 13.8. The Hall–Kier alpha value is -2.59. The van der Waals surface area contributed by atoms with Crippen molar-refractivity contribution in [2.45, 2.75) is 24.4 Å². The van der Waals surface area contributed by atoms with Crippen molar-refractivity contribution in [3.63, 3.8) is 0 Å². The summed E-state index contributed by atoms with van der Waals surface area (Å²) in [5, 5.41) is 3.18. The van der Waals surface area contributed by atoms with Crippen molar-refractivity contribution in [3.8, 4) is 0 Å². The number of hydrogen-bond acceptors (Lipinski definition) is 4. The molecule has 1 atom stereocenters. The summed E-state index contributed by atoms with van der Waals surface area (Å²) in [7, 11) is -2.67. The van der Waals surface area contributed by atoms with Crippen LogP contribution in [0.4, 0.5) is 5.69 Å². The normalized spacial score (nSPS) is 12.0. The summed E-state index contributed by atoms with van der Waals surface area (Å²) in [5.41, 5.74) is 0.731. The average Bonchev–Trinajstić information content (AvgIpc) is 2.86. The Morgan fingerprint density at radius 2 is 1.58 bits per heavy atom. The molecule has 0 unspecified atom stereocenters. The van der Waals surface area contributed by atoms with Gasteiger partial charge in [0.2, 0.25) is 11.8 Å². The molecule has 0 heterocycles. The molecule has 0 aliphatic heterocycles. The van der Waals surface area contributed by atoms with Gasteiger partial charge < -0.3 is 10.2 Å². The second-order valence-corrected chi connectivity index (χ2v) is 11.4. The van der Waals surface area contributed by atoms with Crippen molar-refractivity contribution >= 4 is 66.7 Å². The number of carbonyl (C=O) groups is 2. The number of carbonyl (C=O) groups excluding carboxylic acids is 2. The van der Waals surface area contributed by atoms with Gasteiger partial charge in [0.25, 0.3) is 10.0 Å². The molecule has 0 radical (unpaired) electrons. The predicted octanol–water partition coefficient (Wildman–Crippen LogP) is 5.11. The molecule has 3 aromatic rings. The lowest BCUT2D eigenvalue weighted by Gasteiger charge is -2.32. The fourth-order valence-electron chi connectivity index (χ4n) is 3.52. The van der Waals surface area contributed by atoms with E-state index in [-0.39, 0.29) is 17.1 Å². The molecule has 0 aliphatic carbocycles. The average molecular weight is 613 g/mol. The Morgan fingerprint density at radius 1 is 0.972 bits per heavy atom. The number of nitrogens with zero attached hydrogens (tertiary/aromatic N) is 2. The van der Waals surface area contributed by atoms with Crippen LogP contribution < -0.4 is 9.62 Å². The Labute approximate surface area is 229 Å². The molecule has 0 aromatic heterocycles. The van der Waals surface area contributed by atoms with Crippen LogP contribution in [0.25, 0.3) is 0 Å². The number of rotatable bonds is 9. The number of halogens is 3. The first kappa shape index (κ1) is 28.0. The van der Waals surface area contributed by atoms with E-state index >= 15 is 0 Å². The van der Waals surface area contributed by atoms with Gasteiger partial charge in [0.1, 0.15) is 12.6 Å². The Balaban J connectivity index is 2.06. The Kier molecular flexibility index (Phi) is 9.41. The largest absolute Gasteiger partial charge is 0.357 e. The highest BCUT2D eigenvalue weighted by molar-refractivity contribution is 9.10. The van der Waals surface area contributed by atoms with E-state index in [9.17, 15) is 18.0 Å². The molecule has 2 amide bonds. The van der Waals surface area contributed by atoms with E-state index in [1.54, 1.807) is 67.6 Å². The molecule has 0 spiro atoms. The smallest absolute Gasteiger partial charge is 0.264 e. The lowest BCUT2D eigenvalue weighted by molar-refractivity contribution is -0.139. The molecule has 190 valence electrons. The molecule has 0 fully saturated rings. The summed E-state index contributed by atoms with van der Waals surface area (Å²) < 4.78 is 29.0. The van der Waals surface area contributed by atoms with E-state index in [4.69, 9.17) is 23.2 Å². The highest BCUT2D eigenvalue weighted by atomic mass is 79.9. The number of benzene rings is 3. The fraction of sp³-hybridized carbons (Fsp3) is 0.200. The molecule has 3 rings (SSSR count). The summed E-state index contributed by atoms with van der Waals surface area (Å²) in [6, 6.07) is 18.4. The summed E-state index contributed by atoms with van der Waals surface area (Å²) >= 11 is 16.0. The molecular formula is C25H24BrCl2N3O4S. The van der Waals surface area contributed by atoms with Crippen molar-refractivity contribution < 1.29 is 18.0 Å². The monoisotopic (exact) mass is 611 g/mol. The summed E-state index contributed by atoms with van der Waals surface area (Å²) in [6.07, 6.45) is 0. The van der Waals surface area contributed by atoms with Crippen molar-refractivity contribution in [2.75, 3.05) is 17.9 Å². The number of nitrogens with one attached hydrogen (secondary N) is 1. The van der Waals surface area contributed by atoms with Gasteiger partial charge >= 0.3 is 0 Å². The van der Waals surface area contributed by atoms with E-state index in [0.717, 1.165) is 4.31 Å². The van der Waals surface area contributed by atoms with Crippen LogP contribution in [0.1, 0.15) is 12.5 Å². The standard InChI is InChI=1S/C25H24BrCl2N3O4S/c1-17(25(33)29-2)30(15-21-22(27)12-7-13-23(21)28)24(32)16-31(19-9-6-8-18(26)14-19)36(34,35)20-10-4-3-5-11-20/h3-14,17H,15-16H2,1-2H3,(H,29,33)/t17-/m1/s1. The molecule has 7 nitrogen and oxygen atoms in total. The molecule has 0 saturated carbocycles. The Bertz CT molecular complexity index is 1340. The van der Waals surface area contributed by atoms with Crippen molar-refractivity contribution in [2.24, 2.45) is 0 Å². The van der Waals surface area contributed by atoms with E-state index in [2.05, 4.69) is 21.2 Å².